The molecule has 0 aliphatic carbocycles. The van der Waals surface area contributed by atoms with Crippen molar-refractivity contribution in [3.63, 3.8) is 0 Å². The monoisotopic (exact) mass is 318 g/mol. The van der Waals surface area contributed by atoms with E-state index in [9.17, 15) is 23.3 Å². The summed E-state index contributed by atoms with van der Waals surface area (Å²) in [5.74, 6) is -0.666. The van der Waals surface area contributed by atoms with Gasteiger partial charge in [0.2, 0.25) is 15.9 Å². The van der Waals surface area contributed by atoms with Gasteiger partial charge in [-0.3, -0.25) is 14.9 Å². The van der Waals surface area contributed by atoms with Gasteiger partial charge in [-0.05, 0) is 12.1 Å². The third kappa shape index (κ3) is 4.98. The highest BCUT2D eigenvalue weighted by Gasteiger charge is 2.18. The van der Waals surface area contributed by atoms with Crippen LogP contribution in [0.3, 0.4) is 0 Å². The van der Waals surface area contributed by atoms with Crippen LogP contribution >= 0.6 is 0 Å². The molecular weight excluding hydrogens is 304 g/mol. The molecule has 10 nitrogen and oxygen atoms in total. The molecule has 116 valence electrons. The number of sulfonamides is 1. The third-order valence-corrected chi connectivity index (χ3v) is 3.75. The molecule has 1 aromatic carbocycles. The number of hydrogen-bond donors (Lipinski definition) is 3. The fraction of sp³-hybridized carbons (Fsp3) is 0.300. The van der Waals surface area contributed by atoms with Crippen LogP contribution in [-0.2, 0) is 19.6 Å². The number of carbonyl (C=O) groups is 1. The standard InChI is InChI=1S/C10H14N4O6S/c11-8-5-7(1-2-9(8)14(16)17)21(18,19)13-3-4-20-6-10(12)15/h1-2,5,13H,3-4,6,11H2,(H2,12,15). The first-order chi connectivity index (χ1) is 9.74. The number of nitrogen functional groups attached to an aromatic ring is 1. The Kier molecular flexibility index (Phi) is 5.58. The summed E-state index contributed by atoms with van der Waals surface area (Å²) in [7, 11) is -3.87. The number of carbonyl (C=O) groups excluding carboxylic acids is 1. The molecule has 0 aliphatic heterocycles. The summed E-state index contributed by atoms with van der Waals surface area (Å²) < 4.78 is 30.7. The van der Waals surface area contributed by atoms with Crippen molar-refractivity contribution in [1.29, 1.82) is 0 Å². The number of primary amides is 1. The van der Waals surface area contributed by atoms with Crippen LogP contribution < -0.4 is 16.2 Å². The second-order valence-electron chi connectivity index (χ2n) is 3.89. The summed E-state index contributed by atoms with van der Waals surface area (Å²) in [4.78, 5) is 20.1. The van der Waals surface area contributed by atoms with Crippen LogP contribution in [0.25, 0.3) is 0 Å². The minimum Gasteiger partial charge on any atom is -0.393 e. The Hall–Kier alpha value is -2.24. The second kappa shape index (κ2) is 6.97. The van der Waals surface area contributed by atoms with Crippen molar-refractivity contribution >= 4 is 27.3 Å². The Morgan fingerprint density at radius 2 is 2.10 bits per heavy atom. The van der Waals surface area contributed by atoms with Crippen LogP contribution in [-0.4, -0.2) is 39.0 Å². The average Bonchev–Trinajstić information content (AvgIpc) is 2.37. The lowest BCUT2D eigenvalue weighted by molar-refractivity contribution is -0.383. The zero-order chi connectivity index (χ0) is 16.0. The molecule has 0 saturated heterocycles. The molecule has 0 aliphatic rings. The summed E-state index contributed by atoms with van der Waals surface area (Å²) in [6.07, 6.45) is 0. The SMILES string of the molecule is NC(=O)COCCNS(=O)(=O)c1ccc([N+](=O)[O-])c(N)c1. The first-order valence-electron chi connectivity index (χ1n) is 5.63. The summed E-state index contributed by atoms with van der Waals surface area (Å²) in [6, 6.07) is 3.07. The highest BCUT2D eigenvalue weighted by molar-refractivity contribution is 7.89. The minimum absolute atomic E-state index is 0.0510. The van der Waals surface area contributed by atoms with E-state index in [0.717, 1.165) is 18.2 Å². The molecule has 21 heavy (non-hydrogen) atoms. The number of nitrogens with two attached hydrogens (primary N) is 2. The number of ether oxygens (including phenoxy) is 1. The second-order valence-corrected chi connectivity index (χ2v) is 5.66. The smallest absolute Gasteiger partial charge is 0.292 e. The molecule has 1 amide bonds. The number of nitro benzene ring substituents is 1. The molecule has 0 aromatic heterocycles. The molecule has 11 heteroatoms. The Bertz CT molecular complexity index is 645. The summed E-state index contributed by atoms with van der Waals surface area (Å²) in [6.45, 7) is -0.455. The van der Waals surface area contributed by atoms with Crippen LogP contribution in [0.4, 0.5) is 11.4 Å². The van der Waals surface area contributed by atoms with E-state index in [2.05, 4.69) is 4.72 Å². The van der Waals surface area contributed by atoms with Gasteiger partial charge in [0.1, 0.15) is 12.3 Å². The normalized spacial score (nSPS) is 11.2. The highest BCUT2D eigenvalue weighted by Crippen LogP contribution is 2.24. The zero-order valence-electron chi connectivity index (χ0n) is 10.8. The van der Waals surface area contributed by atoms with Crippen molar-refractivity contribution in [2.24, 2.45) is 5.73 Å². The largest absolute Gasteiger partial charge is 0.393 e. The lowest BCUT2D eigenvalue weighted by Gasteiger charge is -2.07. The van der Waals surface area contributed by atoms with E-state index in [-0.39, 0.29) is 36.0 Å². The van der Waals surface area contributed by atoms with Gasteiger partial charge < -0.3 is 16.2 Å². The predicted octanol–water partition coefficient (Wildman–Crippen LogP) is -1.04. The molecule has 0 radical (unpaired) electrons. The van der Waals surface area contributed by atoms with Gasteiger partial charge in [0.15, 0.2) is 0 Å². The average molecular weight is 318 g/mol. The number of nitro groups is 1. The molecule has 0 fully saturated rings. The first kappa shape index (κ1) is 16.8. The van der Waals surface area contributed by atoms with E-state index in [4.69, 9.17) is 16.2 Å². The van der Waals surface area contributed by atoms with Gasteiger partial charge in [0, 0.05) is 12.6 Å². The van der Waals surface area contributed by atoms with Crippen LogP contribution in [0.5, 0.6) is 0 Å². The molecule has 0 spiro atoms. The van der Waals surface area contributed by atoms with Crippen molar-refractivity contribution in [3.8, 4) is 0 Å². The summed E-state index contributed by atoms with van der Waals surface area (Å²) >= 11 is 0. The number of nitrogens with zero attached hydrogens (tertiary/aromatic N) is 1. The Morgan fingerprint density at radius 1 is 1.43 bits per heavy atom. The van der Waals surface area contributed by atoms with Crippen LogP contribution in [0.2, 0.25) is 0 Å². The van der Waals surface area contributed by atoms with E-state index in [1.54, 1.807) is 0 Å². The van der Waals surface area contributed by atoms with Crippen molar-refractivity contribution in [3.05, 3.63) is 28.3 Å². The van der Waals surface area contributed by atoms with Crippen molar-refractivity contribution in [1.82, 2.24) is 4.72 Å². The van der Waals surface area contributed by atoms with Gasteiger partial charge in [-0.2, -0.15) is 0 Å². The van der Waals surface area contributed by atoms with Crippen molar-refractivity contribution < 1.29 is 22.9 Å². The molecule has 0 unspecified atom stereocenters. The number of rotatable bonds is 8. The van der Waals surface area contributed by atoms with Gasteiger partial charge in [-0.25, -0.2) is 13.1 Å². The minimum atomic E-state index is -3.87. The zero-order valence-corrected chi connectivity index (χ0v) is 11.6. The van der Waals surface area contributed by atoms with E-state index in [0.29, 0.717) is 0 Å². The maximum Gasteiger partial charge on any atom is 0.292 e. The van der Waals surface area contributed by atoms with Crippen LogP contribution in [0, 0.1) is 10.1 Å². The molecule has 0 atom stereocenters. The van der Waals surface area contributed by atoms with Gasteiger partial charge >= 0.3 is 0 Å². The van der Waals surface area contributed by atoms with Gasteiger partial charge in [0.25, 0.3) is 5.69 Å². The van der Waals surface area contributed by atoms with Crippen LogP contribution in [0.15, 0.2) is 23.1 Å². The summed E-state index contributed by atoms with van der Waals surface area (Å²) in [5.41, 5.74) is 9.62. The molecule has 1 rings (SSSR count). The Morgan fingerprint density at radius 3 is 2.62 bits per heavy atom. The Labute approximate surface area is 120 Å². The van der Waals surface area contributed by atoms with E-state index >= 15 is 0 Å². The van der Waals surface area contributed by atoms with Gasteiger partial charge in [-0.1, -0.05) is 0 Å². The van der Waals surface area contributed by atoms with E-state index < -0.39 is 20.9 Å². The topological polar surface area (TPSA) is 168 Å². The predicted molar refractivity (Wildman–Crippen MR) is 72.7 cm³/mol. The fourth-order valence-corrected chi connectivity index (χ4v) is 2.42. The highest BCUT2D eigenvalue weighted by atomic mass is 32.2. The van der Waals surface area contributed by atoms with Crippen molar-refractivity contribution in [2.45, 2.75) is 4.90 Å². The van der Waals surface area contributed by atoms with Gasteiger partial charge in [-0.15, -0.1) is 0 Å². The number of benzene rings is 1. The quantitative estimate of drug-likeness (QED) is 0.238. The number of nitrogens with one attached hydrogen (secondary N) is 1. The number of hydrogen-bond acceptors (Lipinski definition) is 7. The molecule has 0 heterocycles. The van der Waals surface area contributed by atoms with E-state index in [1.807, 2.05) is 0 Å². The maximum atomic E-state index is 11.9. The van der Waals surface area contributed by atoms with Crippen molar-refractivity contribution in [2.75, 3.05) is 25.5 Å². The maximum absolute atomic E-state index is 11.9. The van der Waals surface area contributed by atoms with Gasteiger partial charge in [0.05, 0.1) is 16.4 Å². The molecular formula is C10H14N4O6S. The third-order valence-electron chi connectivity index (χ3n) is 2.29. The lowest BCUT2D eigenvalue weighted by Crippen LogP contribution is -2.29. The molecule has 1 aromatic rings. The first-order valence-corrected chi connectivity index (χ1v) is 7.12. The summed E-state index contributed by atoms with van der Waals surface area (Å²) in [5, 5.41) is 10.6. The lowest BCUT2D eigenvalue weighted by atomic mass is 10.3. The fourth-order valence-electron chi connectivity index (χ4n) is 1.37. The Balaban J connectivity index is 2.68. The number of amides is 1. The van der Waals surface area contributed by atoms with Crippen LogP contribution in [0.1, 0.15) is 0 Å². The van der Waals surface area contributed by atoms with E-state index in [1.165, 1.54) is 0 Å². The molecule has 5 N–H and O–H groups in total. The molecule has 0 saturated carbocycles. The molecule has 0 bridgehead atoms. The number of anilines is 1.